The van der Waals surface area contributed by atoms with Crippen molar-refractivity contribution < 1.29 is 4.74 Å². The molecule has 0 saturated carbocycles. The molecule has 0 radical (unpaired) electrons. The van der Waals surface area contributed by atoms with Gasteiger partial charge in [0.15, 0.2) is 0 Å². The Labute approximate surface area is 83.7 Å². The molecular formula is C10H13NOS. The van der Waals surface area contributed by atoms with Crippen LogP contribution in [0.1, 0.15) is 16.7 Å². The summed E-state index contributed by atoms with van der Waals surface area (Å²) in [6.45, 7) is 2.65. The predicted molar refractivity (Wildman–Crippen MR) is 57.8 cm³/mol. The lowest BCUT2D eigenvalue weighted by molar-refractivity contribution is 0.184. The van der Waals surface area contributed by atoms with E-state index in [9.17, 15) is 0 Å². The summed E-state index contributed by atoms with van der Waals surface area (Å²) in [6.07, 6.45) is 0. The van der Waals surface area contributed by atoms with E-state index >= 15 is 0 Å². The highest BCUT2D eigenvalue weighted by molar-refractivity contribution is 7.80. The summed E-state index contributed by atoms with van der Waals surface area (Å²) in [4.78, 5) is 0.437. The third-order valence-corrected chi connectivity index (χ3v) is 2.16. The highest BCUT2D eigenvalue weighted by Crippen LogP contribution is 2.11. The third-order valence-electron chi connectivity index (χ3n) is 1.93. The van der Waals surface area contributed by atoms with Crippen molar-refractivity contribution in [2.45, 2.75) is 13.5 Å². The van der Waals surface area contributed by atoms with Gasteiger partial charge in [-0.3, -0.25) is 0 Å². The van der Waals surface area contributed by atoms with Crippen molar-refractivity contribution in [3.8, 4) is 0 Å². The SMILES string of the molecule is COCc1ccc(C(N)=S)cc1C. The fourth-order valence-corrected chi connectivity index (χ4v) is 1.29. The van der Waals surface area contributed by atoms with Crippen LogP contribution in [0.15, 0.2) is 18.2 Å². The molecule has 70 valence electrons. The summed E-state index contributed by atoms with van der Waals surface area (Å²) in [5.74, 6) is 0. The van der Waals surface area contributed by atoms with Crippen LogP contribution < -0.4 is 5.73 Å². The van der Waals surface area contributed by atoms with Crippen molar-refractivity contribution in [1.82, 2.24) is 0 Å². The molecule has 1 aromatic rings. The van der Waals surface area contributed by atoms with Gasteiger partial charge in [-0.05, 0) is 24.1 Å². The molecule has 13 heavy (non-hydrogen) atoms. The second-order valence-corrected chi connectivity index (χ2v) is 3.38. The fourth-order valence-electron chi connectivity index (χ4n) is 1.17. The van der Waals surface area contributed by atoms with E-state index < -0.39 is 0 Å². The molecule has 0 aromatic heterocycles. The van der Waals surface area contributed by atoms with Crippen LogP contribution in [0.25, 0.3) is 0 Å². The Bertz CT molecular complexity index is 323. The molecule has 0 spiro atoms. The molecule has 0 aliphatic rings. The van der Waals surface area contributed by atoms with Gasteiger partial charge in [-0.25, -0.2) is 0 Å². The van der Waals surface area contributed by atoms with E-state index in [1.165, 1.54) is 5.56 Å². The molecule has 1 aromatic carbocycles. The molecule has 0 unspecified atom stereocenters. The number of thiocarbonyl (C=S) groups is 1. The maximum atomic E-state index is 5.51. The number of nitrogens with two attached hydrogens (primary N) is 1. The summed E-state index contributed by atoms with van der Waals surface area (Å²) >= 11 is 4.88. The van der Waals surface area contributed by atoms with Gasteiger partial charge >= 0.3 is 0 Å². The molecule has 2 N–H and O–H groups in total. The Kier molecular flexibility index (Phi) is 3.39. The van der Waals surface area contributed by atoms with Crippen molar-refractivity contribution in [2.24, 2.45) is 5.73 Å². The van der Waals surface area contributed by atoms with Crippen LogP contribution in [0.2, 0.25) is 0 Å². The van der Waals surface area contributed by atoms with Gasteiger partial charge in [0.1, 0.15) is 4.99 Å². The van der Waals surface area contributed by atoms with Crippen LogP contribution in [-0.4, -0.2) is 12.1 Å². The molecule has 0 saturated heterocycles. The molecule has 0 bridgehead atoms. The number of hydrogen-bond acceptors (Lipinski definition) is 2. The topological polar surface area (TPSA) is 35.2 Å². The summed E-state index contributed by atoms with van der Waals surface area (Å²) in [5.41, 5.74) is 8.74. The van der Waals surface area contributed by atoms with Gasteiger partial charge in [0.05, 0.1) is 6.61 Å². The van der Waals surface area contributed by atoms with E-state index in [-0.39, 0.29) is 0 Å². The molecule has 1 rings (SSSR count). The summed E-state index contributed by atoms with van der Waals surface area (Å²) in [5, 5.41) is 0. The molecule has 2 nitrogen and oxygen atoms in total. The zero-order valence-corrected chi connectivity index (χ0v) is 8.65. The van der Waals surface area contributed by atoms with Gasteiger partial charge in [0, 0.05) is 12.7 Å². The first kappa shape index (κ1) is 10.2. The van der Waals surface area contributed by atoms with Gasteiger partial charge in [-0.15, -0.1) is 0 Å². The minimum absolute atomic E-state index is 0.437. The minimum Gasteiger partial charge on any atom is -0.389 e. The first-order valence-corrected chi connectivity index (χ1v) is 4.44. The molecule has 0 aliphatic heterocycles. The molecule has 0 fully saturated rings. The van der Waals surface area contributed by atoms with Crippen molar-refractivity contribution in [3.05, 3.63) is 34.9 Å². The third kappa shape index (κ3) is 2.50. The zero-order valence-electron chi connectivity index (χ0n) is 7.83. The quantitative estimate of drug-likeness (QED) is 0.747. The Morgan fingerprint density at radius 1 is 1.54 bits per heavy atom. The normalized spacial score (nSPS) is 10.0. The maximum Gasteiger partial charge on any atom is 0.103 e. The largest absolute Gasteiger partial charge is 0.389 e. The molecule has 0 atom stereocenters. The molecule has 0 heterocycles. The lowest BCUT2D eigenvalue weighted by Gasteiger charge is -2.06. The summed E-state index contributed by atoms with van der Waals surface area (Å²) < 4.78 is 5.04. The predicted octanol–water partition coefficient (Wildman–Crippen LogP) is 1.78. The summed E-state index contributed by atoms with van der Waals surface area (Å²) in [6, 6.07) is 5.90. The van der Waals surface area contributed by atoms with Gasteiger partial charge in [-0.2, -0.15) is 0 Å². The molecular weight excluding hydrogens is 182 g/mol. The number of hydrogen-bond donors (Lipinski definition) is 1. The minimum atomic E-state index is 0.437. The second-order valence-electron chi connectivity index (χ2n) is 2.94. The smallest absolute Gasteiger partial charge is 0.103 e. The summed E-state index contributed by atoms with van der Waals surface area (Å²) in [7, 11) is 1.68. The molecule has 0 amide bonds. The Hall–Kier alpha value is -0.930. The number of benzene rings is 1. The number of ether oxygens (including phenoxy) is 1. The van der Waals surface area contributed by atoms with E-state index in [0.717, 1.165) is 11.1 Å². The Morgan fingerprint density at radius 2 is 2.23 bits per heavy atom. The van der Waals surface area contributed by atoms with E-state index in [1.807, 2.05) is 25.1 Å². The highest BCUT2D eigenvalue weighted by Gasteiger charge is 2.00. The zero-order chi connectivity index (χ0) is 9.84. The van der Waals surface area contributed by atoms with Crippen LogP contribution >= 0.6 is 12.2 Å². The van der Waals surface area contributed by atoms with Crippen LogP contribution in [0.3, 0.4) is 0 Å². The van der Waals surface area contributed by atoms with Crippen LogP contribution in [0.4, 0.5) is 0 Å². The van der Waals surface area contributed by atoms with Crippen LogP contribution in [0.5, 0.6) is 0 Å². The highest BCUT2D eigenvalue weighted by atomic mass is 32.1. The van der Waals surface area contributed by atoms with E-state index in [2.05, 4.69) is 0 Å². The number of methoxy groups -OCH3 is 1. The van der Waals surface area contributed by atoms with Gasteiger partial charge < -0.3 is 10.5 Å². The average molecular weight is 195 g/mol. The lowest BCUT2D eigenvalue weighted by Crippen LogP contribution is -2.09. The molecule has 3 heteroatoms. The first-order valence-electron chi connectivity index (χ1n) is 4.03. The van der Waals surface area contributed by atoms with Gasteiger partial charge in [0.25, 0.3) is 0 Å². The fraction of sp³-hybridized carbons (Fsp3) is 0.300. The Balaban J connectivity index is 2.98. The molecule has 0 aliphatic carbocycles. The van der Waals surface area contributed by atoms with Gasteiger partial charge in [-0.1, -0.05) is 24.4 Å². The van der Waals surface area contributed by atoms with Crippen molar-refractivity contribution >= 4 is 17.2 Å². The van der Waals surface area contributed by atoms with Gasteiger partial charge in [0.2, 0.25) is 0 Å². The van der Waals surface area contributed by atoms with E-state index in [4.69, 9.17) is 22.7 Å². The van der Waals surface area contributed by atoms with Crippen molar-refractivity contribution in [1.29, 1.82) is 0 Å². The number of rotatable bonds is 3. The lowest BCUT2D eigenvalue weighted by atomic mass is 10.1. The average Bonchev–Trinajstić information content (AvgIpc) is 2.08. The van der Waals surface area contributed by atoms with Crippen molar-refractivity contribution in [2.75, 3.05) is 7.11 Å². The number of aryl methyl sites for hydroxylation is 1. The van der Waals surface area contributed by atoms with Crippen molar-refractivity contribution in [3.63, 3.8) is 0 Å². The Morgan fingerprint density at radius 3 is 2.69 bits per heavy atom. The van der Waals surface area contributed by atoms with E-state index in [0.29, 0.717) is 11.6 Å². The second kappa shape index (κ2) is 4.35. The monoisotopic (exact) mass is 195 g/mol. The van der Waals surface area contributed by atoms with Crippen LogP contribution in [0, 0.1) is 6.92 Å². The van der Waals surface area contributed by atoms with Crippen LogP contribution in [-0.2, 0) is 11.3 Å². The standard InChI is InChI=1S/C10H13NOS/c1-7-5-8(10(11)13)3-4-9(7)6-12-2/h3-5H,6H2,1-2H3,(H2,11,13). The van der Waals surface area contributed by atoms with E-state index in [1.54, 1.807) is 7.11 Å². The maximum absolute atomic E-state index is 5.51. The first-order chi connectivity index (χ1) is 6.15.